The number of hydrogen-bond acceptors (Lipinski definition) is 10. The number of hydrogen-bond donors (Lipinski definition) is 2. The molecule has 0 heterocycles. The Bertz CT molecular complexity index is 1190. The molecule has 0 saturated heterocycles. The fourth-order valence-corrected chi connectivity index (χ4v) is 7.72. The molecule has 0 aromatic carbocycles. The normalized spacial score (nSPS) is 19.7. The van der Waals surface area contributed by atoms with Gasteiger partial charge in [-0.05, 0) is 63.9 Å². The molecule has 0 aliphatic heterocycles. The van der Waals surface area contributed by atoms with Crippen LogP contribution in [-0.4, -0.2) is 92.3 Å². The summed E-state index contributed by atoms with van der Waals surface area (Å²) in [5.74, 6) is -0.958. The zero-order chi connectivity index (χ0) is 42.9. The number of ether oxygens (including phenoxy) is 2. The minimum atomic E-state index is -4.61. The number of phosphoric ester groups is 1. The first kappa shape index (κ1) is 54.2. The minimum absolute atomic E-state index is 0.0287. The molecule has 0 radical (unpaired) electrons. The second kappa shape index (κ2) is 33.8. The summed E-state index contributed by atoms with van der Waals surface area (Å²) in [5, 5.41) is 20.8. The maximum absolute atomic E-state index is 12.8. The zero-order valence-corrected chi connectivity index (χ0v) is 38.1. The topological polar surface area (TPSA) is 152 Å². The maximum Gasteiger partial charge on any atom is 0.306 e. The van der Waals surface area contributed by atoms with Gasteiger partial charge in [-0.3, -0.25) is 14.2 Å². The van der Waals surface area contributed by atoms with Gasteiger partial charge < -0.3 is 38.1 Å². The Labute approximate surface area is 353 Å². The van der Waals surface area contributed by atoms with E-state index in [1.54, 1.807) is 12.3 Å². The molecule has 1 saturated carbocycles. The number of quaternary nitrogens is 1. The van der Waals surface area contributed by atoms with E-state index in [-0.39, 0.29) is 43.7 Å². The third kappa shape index (κ3) is 30.2. The van der Waals surface area contributed by atoms with Gasteiger partial charge in [0.05, 0.1) is 46.2 Å². The van der Waals surface area contributed by atoms with E-state index in [2.05, 4.69) is 26.0 Å². The molecular weight excluding hydrogens is 757 g/mol. The number of phosphoric acid groups is 1. The van der Waals surface area contributed by atoms with E-state index < -0.39 is 38.7 Å². The molecule has 6 atom stereocenters. The van der Waals surface area contributed by atoms with Crippen LogP contribution >= 0.6 is 7.82 Å². The zero-order valence-electron chi connectivity index (χ0n) is 37.2. The molecule has 1 aliphatic rings. The number of ketones is 1. The number of unbranched alkanes of at least 4 members (excludes halogenated alkanes) is 16. The van der Waals surface area contributed by atoms with E-state index in [4.69, 9.17) is 18.5 Å². The lowest BCUT2D eigenvalue weighted by Gasteiger charge is -2.28. The van der Waals surface area contributed by atoms with Crippen molar-refractivity contribution in [1.29, 1.82) is 0 Å². The molecule has 1 fully saturated rings. The number of aliphatic hydroxyl groups excluding tert-OH is 2. The maximum atomic E-state index is 12.8. The second-order valence-electron chi connectivity index (χ2n) is 17.2. The number of carbonyl (C=O) groups is 2. The van der Waals surface area contributed by atoms with E-state index >= 15 is 0 Å². The standard InChI is InChI=1S/C46H84NO10P/c1-6-8-10-11-12-13-14-15-16-17-18-19-20-21-24-28-35-54-38-41(39-56-58(52,53)55-36-34-47(3,4)5)57-46(51)31-27-23-22-26-30-42-43(45(50)37-44(42)49)33-32-40(48)29-25-9-7-2/h15-16,28,32-33,35,40-43,45,48,50H,6-14,17-27,29-31,34,36-39H2,1-5H3/b16-15-,33-32+,35-28+/t40-,41+,42+,43+,45+/m0/s1. The average Bonchev–Trinajstić information content (AvgIpc) is 3.43. The van der Waals surface area contributed by atoms with Gasteiger partial charge in [-0.1, -0.05) is 122 Å². The van der Waals surface area contributed by atoms with Crippen LogP contribution in [0.2, 0.25) is 0 Å². The van der Waals surface area contributed by atoms with E-state index in [1.165, 1.54) is 57.8 Å². The summed E-state index contributed by atoms with van der Waals surface area (Å²) < 4.78 is 34.3. The van der Waals surface area contributed by atoms with Gasteiger partial charge >= 0.3 is 5.97 Å². The molecule has 12 heteroatoms. The highest BCUT2D eigenvalue weighted by molar-refractivity contribution is 7.45. The predicted molar refractivity (Wildman–Crippen MR) is 232 cm³/mol. The minimum Gasteiger partial charge on any atom is -0.756 e. The van der Waals surface area contributed by atoms with Crippen LogP contribution in [0.4, 0.5) is 0 Å². The van der Waals surface area contributed by atoms with Crippen molar-refractivity contribution in [3.63, 3.8) is 0 Å². The monoisotopic (exact) mass is 842 g/mol. The van der Waals surface area contributed by atoms with Crippen molar-refractivity contribution < 1.29 is 52.3 Å². The van der Waals surface area contributed by atoms with Gasteiger partial charge in [-0.2, -0.15) is 0 Å². The Hall–Kier alpha value is -1.85. The van der Waals surface area contributed by atoms with Gasteiger partial charge in [-0.15, -0.1) is 0 Å². The first-order valence-electron chi connectivity index (χ1n) is 22.9. The Balaban J connectivity index is 2.45. The van der Waals surface area contributed by atoms with Crippen LogP contribution in [0, 0.1) is 11.8 Å². The molecular formula is C46H84NO10P. The number of rotatable bonds is 38. The molecule has 58 heavy (non-hydrogen) atoms. The summed E-state index contributed by atoms with van der Waals surface area (Å²) in [6.07, 6.45) is 32.9. The summed E-state index contributed by atoms with van der Waals surface area (Å²) >= 11 is 0. The fraction of sp³-hybridized carbons (Fsp3) is 0.826. The molecule has 2 N–H and O–H groups in total. The van der Waals surface area contributed by atoms with Gasteiger partial charge in [0.15, 0.2) is 6.10 Å². The number of allylic oxidation sites excluding steroid dienone is 3. The number of nitrogens with zero attached hydrogens (tertiary/aromatic N) is 1. The van der Waals surface area contributed by atoms with Gasteiger partial charge in [-0.25, -0.2) is 0 Å². The molecule has 0 spiro atoms. The summed E-state index contributed by atoms with van der Waals surface area (Å²) in [7, 11) is 1.17. The number of Topliss-reactive ketones (excluding diaryl/α,β-unsaturated/α-hetero) is 1. The average molecular weight is 842 g/mol. The quantitative estimate of drug-likeness (QED) is 0.0154. The lowest BCUT2D eigenvalue weighted by molar-refractivity contribution is -0.870. The number of aliphatic hydroxyl groups is 2. The van der Waals surface area contributed by atoms with Crippen LogP contribution in [0.3, 0.4) is 0 Å². The molecule has 0 aromatic heterocycles. The van der Waals surface area contributed by atoms with Gasteiger partial charge in [0.25, 0.3) is 7.82 Å². The Morgan fingerprint density at radius 3 is 2.07 bits per heavy atom. The van der Waals surface area contributed by atoms with Crippen LogP contribution in [0.5, 0.6) is 0 Å². The van der Waals surface area contributed by atoms with Crippen LogP contribution < -0.4 is 4.89 Å². The molecule has 1 rings (SSSR count). The lowest BCUT2D eigenvalue weighted by atomic mass is 9.88. The number of esters is 1. The molecule has 1 aliphatic carbocycles. The van der Waals surface area contributed by atoms with Crippen molar-refractivity contribution in [3.05, 3.63) is 36.6 Å². The van der Waals surface area contributed by atoms with Crippen LogP contribution in [0.25, 0.3) is 0 Å². The summed E-state index contributed by atoms with van der Waals surface area (Å²) in [4.78, 5) is 37.8. The van der Waals surface area contributed by atoms with Crippen LogP contribution in [0.1, 0.15) is 168 Å². The van der Waals surface area contributed by atoms with Gasteiger partial charge in [0, 0.05) is 24.7 Å². The van der Waals surface area contributed by atoms with E-state index in [0.717, 1.165) is 64.2 Å². The van der Waals surface area contributed by atoms with Crippen molar-refractivity contribution in [2.75, 3.05) is 47.5 Å². The smallest absolute Gasteiger partial charge is 0.306 e. The van der Waals surface area contributed by atoms with Gasteiger partial charge in [0.1, 0.15) is 25.5 Å². The Morgan fingerprint density at radius 1 is 0.828 bits per heavy atom. The summed E-state index contributed by atoms with van der Waals surface area (Å²) in [6, 6.07) is 0. The highest BCUT2D eigenvalue weighted by Crippen LogP contribution is 2.38. The lowest BCUT2D eigenvalue weighted by Crippen LogP contribution is -2.37. The van der Waals surface area contributed by atoms with Crippen molar-refractivity contribution in [2.24, 2.45) is 11.8 Å². The molecule has 0 amide bonds. The van der Waals surface area contributed by atoms with E-state index in [9.17, 15) is 29.3 Å². The molecule has 11 nitrogen and oxygen atoms in total. The van der Waals surface area contributed by atoms with Crippen molar-refractivity contribution in [2.45, 2.75) is 186 Å². The third-order valence-electron chi connectivity index (χ3n) is 10.6. The molecule has 1 unspecified atom stereocenters. The van der Waals surface area contributed by atoms with Crippen molar-refractivity contribution >= 4 is 19.6 Å². The third-order valence-corrected chi connectivity index (χ3v) is 11.6. The van der Waals surface area contributed by atoms with Crippen LogP contribution in [0.15, 0.2) is 36.6 Å². The SMILES string of the molecule is CCCCCCCC/C=C\CCCCCC/C=C/OC[C@H](COP(=O)([O-])OCC[N+](C)(C)C)OC(=O)CCCCCC[C@H]1C(=O)C[C@@H](O)[C@@H]1/C=C/[C@@H](O)CCCCC. The fourth-order valence-electron chi connectivity index (χ4n) is 6.99. The van der Waals surface area contributed by atoms with Crippen molar-refractivity contribution in [1.82, 2.24) is 0 Å². The molecule has 0 bridgehead atoms. The second-order valence-corrected chi connectivity index (χ2v) is 18.7. The van der Waals surface area contributed by atoms with E-state index in [1.807, 2.05) is 33.3 Å². The molecule has 0 aromatic rings. The number of likely N-dealkylation sites (N-methyl/N-ethyl adjacent to an activating group) is 1. The van der Waals surface area contributed by atoms with Crippen molar-refractivity contribution in [3.8, 4) is 0 Å². The predicted octanol–water partition coefficient (Wildman–Crippen LogP) is 9.69. The summed E-state index contributed by atoms with van der Waals surface area (Å²) in [5.41, 5.74) is 0. The largest absolute Gasteiger partial charge is 0.756 e. The van der Waals surface area contributed by atoms with Crippen LogP contribution in [-0.2, 0) is 32.7 Å². The van der Waals surface area contributed by atoms with E-state index in [0.29, 0.717) is 30.3 Å². The highest BCUT2D eigenvalue weighted by atomic mass is 31.2. The first-order valence-corrected chi connectivity index (χ1v) is 24.3. The van der Waals surface area contributed by atoms with Gasteiger partial charge in [0.2, 0.25) is 0 Å². The summed E-state index contributed by atoms with van der Waals surface area (Å²) in [6.45, 7) is 4.34. The Morgan fingerprint density at radius 2 is 1.41 bits per heavy atom. The Kier molecular flexibility index (Phi) is 31.6. The number of carbonyl (C=O) groups excluding carboxylic acids is 2. The highest BCUT2D eigenvalue weighted by Gasteiger charge is 2.39. The first-order chi connectivity index (χ1) is 27.8. The molecule has 338 valence electrons.